The largest absolute Gasteiger partial charge is 0.463 e. The quantitative estimate of drug-likeness (QED) is 0.724. The maximum Gasteiger partial charge on any atom is 0.325 e. The SMILES string of the molecule is CC(=O)OC[C@H]1O[C@@H](c2c[nH]c(=O)[nH]c2=O)[C@@H]2OC(C)(C)O[C@@H]21. The second-order valence-corrected chi connectivity index (χ2v) is 5.99. The molecule has 2 aliphatic rings. The number of fused-ring (bicyclic) bond motifs is 1. The number of hydrogen-bond donors (Lipinski definition) is 2. The fraction of sp³-hybridized carbons (Fsp3) is 0.643. The Balaban J connectivity index is 1.90. The number of esters is 1. The lowest BCUT2D eigenvalue weighted by atomic mass is 10.0. The van der Waals surface area contributed by atoms with E-state index in [2.05, 4.69) is 9.97 Å². The number of carbonyl (C=O) groups excluding carboxylic acids is 1. The van der Waals surface area contributed by atoms with E-state index in [0.717, 1.165) is 0 Å². The van der Waals surface area contributed by atoms with Crippen LogP contribution in [0.5, 0.6) is 0 Å². The van der Waals surface area contributed by atoms with Gasteiger partial charge in [0.2, 0.25) is 0 Å². The second-order valence-electron chi connectivity index (χ2n) is 5.99. The van der Waals surface area contributed by atoms with Crippen molar-refractivity contribution in [2.75, 3.05) is 6.61 Å². The molecule has 2 aliphatic heterocycles. The zero-order chi connectivity index (χ0) is 16.8. The molecule has 1 aromatic heterocycles. The summed E-state index contributed by atoms with van der Waals surface area (Å²) < 4.78 is 22.4. The smallest absolute Gasteiger partial charge is 0.325 e. The summed E-state index contributed by atoms with van der Waals surface area (Å²) in [5.41, 5.74) is -0.932. The first-order valence-corrected chi connectivity index (χ1v) is 7.23. The van der Waals surface area contributed by atoms with Gasteiger partial charge in [-0.2, -0.15) is 0 Å². The van der Waals surface area contributed by atoms with Crippen LogP contribution in [0.4, 0.5) is 0 Å². The second kappa shape index (κ2) is 5.59. The van der Waals surface area contributed by atoms with Crippen molar-refractivity contribution in [3.63, 3.8) is 0 Å². The number of aromatic nitrogens is 2. The molecule has 0 unspecified atom stereocenters. The van der Waals surface area contributed by atoms with Gasteiger partial charge in [-0.05, 0) is 13.8 Å². The van der Waals surface area contributed by atoms with E-state index in [9.17, 15) is 14.4 Å². The van der Waals surface area contributed by atoms with Crippen molar-refractivity contribution in [1.29, 1.82) is 0 Å². The van der Waals surface area contributed by atoms with Gasteiger partial charge in [0.05, 0.1) is 5.56 Å². The molecule has 1 aromatic rings. The predicted molar refractivity (Wildman–Crippen MR) is 75.8 cm³/mol. The van der Waals surface area contributed by atoms with Crippen LogP contribution >= 0.6 is 0 Å². The summed E-state index contributed by atoms with van der Waals surface area (Å²) in [6, 6.07) is 0. The molecule has 0 aromatic carbocycles. The third-order valence-corrected chi connectivity index (χ3v) is 3.76. The molecule has 23 heavy (non-hydrogen) atoms. The first-order chi connectivity index (χ1) is 10.8. The molecule has 2 saturated heterocycles. The first-order valence-electron chi connectivity index (χ1n) is 7.23. The van der Waals surface area contributed by atoms with E-state index in [-0.39, 0.29) is 12.2 Å². The lowest BCUT2D eigenvalue weighted by Crippen LogP contribution is -2.33. The number of rotatable bonds is 3. The van der Waals surface area contributed by atoms with Crippen LogP contribution in [0.15, 0.2) is 15.8 Å². The third-order valence-electron chi connectivity index (χ3n) is 3.76. The molecule has 0 amide bonds. The van der Waals surface area contributed by atoms with Crippen LogP contribution in [0.3, 0.4) is 0 Å². The monoisotopic (exact) mass is 326 g/mol. The van der Waals surface area contributed by atoms with Gasteiger partial charge in [0.1, 0.15) is 31.0 Å². The minimum Gasteiger partial charge on any atom is -0.463 e. The normalized spacial score (nSPS) is 31.8. The van der Waals surface area contributed by atoms with Crippen molar-refractivity contribution in [2.24, 2.45) is 0 Å². The zero-order valence-corrected chi connectivity index (χ0v) is 13.0. The zero-order valence-electron chi connectivity index (χ0n) is 13.0. The van der Waals surface area contributed by atoms with Crippen LogP contribution < -0.4 is 11.2 Å². The van der Waals surface area contributed by atoms with Gasteiger partial charge < -0.3 is 23.9 Å². The molecule has 4 atom stereocenters. The van der Waals surface area contributed by atoms with E-state index in [1.165, 1.54) is 13.1 Å². The minimum absolute atomic E-state index is 0.00625. The molecule has 126 valence electrons. The molecule has 2 N–H and O–H groups in total. The Hall–Kier alpha value is -1.97. The summed E-state index contributed by atoms with van der Waals surface area (Å²) in [4.78, 5) is 38.8. The summed E-state index contributed by atoms with van der Waals surface area (Å²) in [6.45, 7) is 4.80. The molecule has 3 heterocycles. The third kappa shape index (κ3) is 3.07. The number of hydrogen-bond acceptors (Lipinski definition) is 7. The van der Waals surface area contributed by atoms with Crippen LogP contribution in [-0.2, 0) is 23.7 Å². The lowest BCUT2D eigenvalue weighted by molar-refractivity contribution is -0.193. The van der Waals surface area contributed by atoms with Crippen molar-refractivity contribution in [2.45, 2.75) is 51.0 Å². The van der Waals surface area contributed by atoms with Crippen molar-refractivity contribution in [1.82, 2.24) is 9.97 Å². The van der Waals surface area contributed by atoms with E-state index in [1.807, 2.05) is 0 Å². The predicted octanol–water partition coefficient (Wildman–Crippen LogP) is -0.414. The minimum atomic E-state index is -0.846. The highest BCUT2D eigenvalue weighted by atomic mass is 16.8. The molecule has 3 rings (SSSR count). The van der Waals surface area contributed by atoms with Gasteiger partial charge in [-0.1, -0.05) is 0 Å². The van der Waals surface area contributed by atoms with Crippen LogP contribution in [0.2, 0.25) is 0 Å². The molecule has 0 bridgehead atoms. The topological polar surface area (TPSA) is 120 Å². The van der Waals surface area contributed by atoms with E-state index in [0.29, 0.717) is 0 Å². The number of H-pyrrole nitrogens is 2. The summed E-state index contributed by atoms with van der Waals surface area (Å²) in [5, 5.41) is 0. The van der Waals surface area contributed by atoms with E-state index < -0.39 is 47.4 Å². The fourth-order valence-corrected chi connectivity index (χ4v) is 2.90. The summed E-state index contributed by atoms with van der Waals surface area (Å²) in [5.74, 6) is -1.28. The molecule has 0 radical (unpaired) electrons. The first kappa shape index (κ1) is 15.9. The molecule has 0 aliphatic carbocycles. The molecule has 9 heteroatoms. The van der Waals surface area contributed by atoms with Gasteiger partial charge in [-0.25, -0.2) is 4.79 Å². The van der Waals surface area contributed by atoms with Gasteiger partial charge in [-0.15, -0.1) is 0 Å². The average molecular weight is 326 g/mol. The maximum atomic E-state index is 12.0. The Kier molecular flexibility index (Phi) is 3.86. The van der Waals surface area contributed by atoms with Crippen molar-refractivity contribution < 1.29 is 23.7 Å². The summed E-state index contributed by atoms with van der Waals surface area (Å²) in [6.07, 6.45) is -1.03. The molecule has 2 fully saturated rings. The Morgan fingerprint density at radius 1 is 1.30 bits per heavy atom. The maximum absolute atomic E-state index is 12.0. The standard InChI is InChI=1S/C14H18N2O7/c1-6(17)20-5-8-10-11(23-14(2,3)22-10)9(21-8)7-4-15-13(19)16-12(7)18/h4,8-11H,5H2,1-3H3,(H2,15,16,18,19)/t8-,9+,10-,11+/m1/s1. The molecule has 9 nitrogen and oxygen atoms in total. The Bertz CT molecular complexity index is 722. The van der Waals surface area contributed by atoms with E-state index in [1.54, 1.807) is 13.8 Å². The van der Waals surface area contributed by atoms with E-state index >= 15 is 0 Å². The number of aromatic amines is 2. The number of ether oxygens (including phenoxy) is 4. The highest BCUT2D eigenvalue weighted by Gasteiger charge is 2.56. The molecule has 0 saturated carbocycles. The van der Waals surface area contributed by atoms with Gasteiger partial charge >= 0.3 is 11.7 Å². The van der Waals surface area contributed by atoms with Gasteiger partial charge in [0, 0.05) is 13.1 Å². The van der Waals surface area contributed by atoms with Crippen molar-refractivity contribution >= 4 is 5.97 Å². The van der Waals surface area contributed by atoms with Crippen molar-refractivity contribution in [3.8, 4) is 0 Å². The van der Waals surface area contributed by atoms with Crippen LogP contribution in [0.25, 0.3) is 0 Å². The highest BCUT2D eigenvalue weighted by Crippen LogP contribution is 2.44. The van der Waals surface area contributed by atoms with Crippen molar-refractivity contribution in [3.05, 3.63) is 32.6 Å². The van der Waals surface area contributed by atoms with Gasteiger partial charge in [-0.3, -0.25) is 14.6 Å². The van der Waals surface area contributed by atoms with Crippen LogP contribution in [0.1, 0.15) is 32.4 Å². The summed E-state index contributed by atoms with van der Waals surface area (Å²) >= 11 is 0. The molecular formula is C14H18N2O7. The lowest BCUT2D eigenvalue weighted by Gasteiger charge is -2.23. The number of carbonyl (C=O) groups is 1. The Morgan fingerprint density at radius 3 is 2.65 bits per heavy atom. The van der Waals surface area contributed by atoms with Crippen LogP contribution in [0, 0.1) is 0 Å². The average Bonchev–Trinajstić information content (AvgIpc) is 2.90. The summed E-state index contributed by atoms with van der Waals surface area (Å²) in [7, 11) is 0. The number of nitrogens with one attached hydrogen (secondary N) is 2. The Labute approximate surface area is 130 Å². The molecular weight excluding hydrogens is 308 g/mol. The van der Waals surface area contributed by atoms with Gasteiger partial charge in [0.25, 0.3) is 5.56 Å². The Morgan fingerprint density at radius 2 is 2.00 bits per heavy atom. The highest BCUT2D eigenvalue weighted by molar-refractivity contribution is 5.65. The molecule has 0 spiro atoms. The fourth-order valence-electron chi connectivity index (χ4n) is 2.90. The van der Waals surface area contributed by atoms with E-state index in [4.69, 9.17) is 18.9 Å². The van der Waals surface area contributed by atoms with Crippen LogP contribution in [-0.4, -0.2) is 46.6 Å². The van der Waals surface area contributed by atoms with Gasteiger partial charge in [0.15, 0.2) is 5.79 Å².